The summed E-state index contributed by atoms with van der Waals surface area (Å²) in [7, 11) is 1.90. The molecule has 0 aliphatic heterocycles. The highest BCUT2D eigenvalue weighted by molar-refractivity contribution is 5.55. The Kier molecular flexibility index (Phi) is 4.09. The van der Waals surface area contributed by atoms with Gasteiger partial charge in [0, 0.05) is 19.6 Å². The molecule has 2 N–H and O–H groups in total. The molecule has 0 saturated carbocycles. The van der Waals surface area contributed by atoms with E-state index in [1.807, 2.05) is 24.9 Å². The van der Waals surface area contributed by atoms with Gasteiger partial charge in [-0.25, -0.2) is 4.39 Å². The maximum atomic E-state index is 13.7. The first-order valence-electron chi connectivity index (χ1n) is 5.33. The molecule has 0 aromatic heterocycles. The Hall–Kier alpha value is -1.09. The molecule has 0 fully saturated rings. The molecule has 0 saturated heterocycles. The number of rotatable bonds is 4. The van der Waals surface area contributed by atoms with Crippen molar-refractivity contribution in [3.05, 3.63) is 29.6 Å². The molecule has 2 nitrogen and oxygen atoms in total. The molecule has 84 valence electrons. The van der Waals surface area contributed by atoms with Crippen molar-refractivity contribution in [2.45, 2.75) is 26.3 Å². The van der Waals surface area contributed by atoms with Crippen LogP contribution in [0.3, 0.4) is 0 Å². The summed E-state index contributed by atoms with van der Waals surface area (Å²) in [5, 5.41) is 0. The van der Waals surface area contributed by atoms with Crippen LogP contribution >= 0.6 is 0 Å². The number of para-hydroxylation sites is 1. The number of nitrogens with two attached hydrogens (primary N) is 1. The van der Waals surface area contributed by atoms with Gasteiger partial charge in [0.25, 0.3) is 0 Å². The van der Waals surface area contributed by atoms with Crippen molar-refractivity contribution in [3.63, 3.8) is 0 Å². The maximum Gasteiger partial charge on any atom is 0.146 e. The molecule has 0 heterocycles. The minimum Gasteiger partial charge on any atom is -0.372 e. The lowest BCUT2D eigenvalue weighted by atomic mass is 10.1. The largest absolute Gasteiger partial charge is 0.372 e. The van der Waals surface area contributed by atoms with Gasteiger partial charge in [0.15, 0.2) is 0 Å². The predicted molar refractivity (Wildman–Crippen MR) is 62.6 cm³/mol. The van der Waals surface area contributed by atoms with Crippen molar-refractivity contribution in [1.82, 2.24) is 0 Å². The van der Waals surface area contributed by atoms with E-state index in [4.69, 9.17) is 5.73 Å². The van der Waals surface area contributed by atoms with Gasteiger partial charge in [-0.1, -0.05) is 19.1 Å². The highest BCUT2D eigenvalue weighted by Crippen LogP contribution is 2.27. The second kappa shape index (κ2) is 5.12. The average Bonchev–Trinajstić information content (AvgIpc) is 2.17. The summed E-state index contributed by atoms with van der Waals surface area (Å²) in [5.74, 6) is -0.194. The number of anilines is 1. The number of halogens is 1. The summed E-state index contributed by atoms with van der Waals surface area (Å²) in [6.07, 6.45) is 0.989. The normalized spacial score (nSPS) is 12.6. The smallest absolute Gasteiger partial charge is 0.146 e. The Bertz CT molecular complexity index is 323. The summed E-state index contributed by atoms with van der Waals surface area (Å²) in [4.78, 5) is 1.92. The lowest BCUT2D eigenvalue weighted by Gasteiger charge is -2.23. The highest BCUT2D eigenvalue weighted by Gasteiger charge is 2.14. The molecule has 0 aliphatic carbocycles. The number of hydrogen-bond donors (Lipinski definition) is 1. The fourth-order valence-corrected chi connectivity index (χ4v) is 1.75. The van der Waals surface area contributed by atoms with Gasteiger partial charge in [-0.2, -0.15) is 0 Å². The van der Waals surface area contributed by atoms with Crippen molar-refractivity contribution in [1.29, 1.82) is 0 Å². The van der Waals surface area contributed by atoms with E-state index in [0.717, 1.165) is 18.5 Å². The average molecular weight is 210 g/mol. The molecule has 15 heavy (non-hydrogen) atoms. The van der Waals surface area contributed by atoms with Crippen LogP contribution in [0.15, 0.2) is 18.2 Å². The first-order chi connectivity index (χ1) is 7.07. The molecule has 0 bridgehead atoms. The lowest BCUT2D eigenvalue weighted by molar-refractivity contribution is 0.615. The van der Waals surface area contributed by atoms with E-state index in [1.165, 1.54) is 6.07 Å². The number of nitrogens with zero attached hydrogens (tertiary/aromatic N) is 1. The quantitative estimate of drug-likeness (QED) is 0.828. The molecule has 3 heteroatoms. The molecule has 0 radical (unpaired) electrons. The lowest BCUT2D eigenvalue weighted by Crippen LogP contribution is -2.22. The van der Waals surface area contributed by atoms with Gasteiger partial charge in [0.05, 0.1) is 5.69 Å². The SMILES string of the molecule is CCCN(C)c1c(F)cccc1C(C)N. The van der Waals surface area contributed by atoms with Gasteiger partial charge >= 0.3 is 0 Å². The standard InChI is InChI=1S/C12H19FN2/c1-4-8-15(3)12-10(9(2)14)6-5-7-11(12)13/h5-7,9H,4,8,14H2,1-3H3. The van der Waals surface area contributed by atoms with Crippen LogP contribution in [0, 0.1) is 5.82 Å². The van der Waals surface area contributed by atoms with Crippen molar-refractivity contribution in [3.8, 4) is 0 Å². The molecular formula is C12H19FN2. The van der Waals surface area contributed by atoms with E-state index in [1.54, 1.807) is 6.07 Å². The Morgan fingerprint density at radius 3 is 2.67 bits per heavy atom. The van der Waals surface area contributed by atoms with Gasteiger partial charge in [0.1, 0.15) is 5.82 Å². The zero-order valence-electron chi connectivity index (χ0n) is 9.63. The fraction of sp³-hybridized carbons (Fsp3) is 0.500. The van der Waals surface area contributed by atoms with E-state index in [-0.39, 0.29) is 11.9 Å². The van der Waals surface area contributed by atoms with Gasteiger partial charge in [-0.3, -0.25) is 0 Å². The highest BCUT2D eigenvalue weighted by atomic mass is 19.1. The van der Waals surface area contributed by atoms with Gasteiger partial charge in [-0.15, -0.1) is 0 Å². The second-order valence-electron chi connectivity index (χ2n) is 3.89. The monoisotopic (exact) mass is 210 g/mol. The van der Waals surface area contributed by atoms with Crippen LogP contribution in [0.1, 0.15) is 31.9 Å². The molecule has 0 aliphatic rings. The van der Waals surface area contributed by atoms with Crippen molar-refractivity contribution >= 4 is 5.69 Å². The molecule has 0 spiro atoms. The third-order valence-corrected chi connectivity index (χ3v) is 2.45. The summed E-state index contributed by atoms with van der Waals surface area (Å²) >= 11 is 0. The first kappa shape index (κ1) is 12.0. The Morgan fingerprint density at radius 2 is 2.13 bits per heavy atom. The first-order valence-corrected chi connectivity index (χ1v) is 5.33. The van der Waals surface area contributed by atoms with Crippen LogP contribution in [-0.4, -0.2) is 13.6 Å². The molecule has 1 aromatic rings. The van der Waals surface area contributed by atoms with Crippen molar-refractivity contribution < 1.29 is 4.39 Å². The number of hydrogen-bond acceptors (Lipinski definition) is 2. The summed E-state index contributed by atoms with van der Waals surface area (Å²) in [5.41, 5.74) is 7.32. The predicted octanol–water partition coefficient (Wildman–Crippen LogP) is 2.69. The number of benzene rings is 1. The Morgan fingerprint density at radius 1 is 1.47 bits per heavy atom. The Labute approximate surface area is 90.9 Å². The molecule has 1 rings (SSSR count). The fourth-order valence-electron chi connectivity index (χ4n) is 1.75. The van der Waals surface area contributed by atoms with E-state index in [2.05, 4.69) is 6.92 Å². The zero-order valence-corrected chi connectivity index (χ0v) is 9.63. The second-order valence-corrected chi connectivity index (χ2v) is 3.89. The van der Waals surface area contributed by atoms with Gasteiger partial charge < -0.3 is 10.6 Å². The Balaban J connectivity index is 3.12. The summed E-state index contributed by atoms with van der Waals surface area (Å²) in [6.45, 7) is 4.78. The maximum absolute atomic E-state index is 13.7. The van der Waals surface area contributed by atoms with E-state index in [0.29, 0.717) is 5.69 Å². The molecule has 1 aromatic carbocycles. The van der Waals surface area contributed by atoms with Gasteiger partial charge in [0.2, 0.25) is 0 Å². The molecular weight excluding hydrogens is 191 g/mol. The third kappa shape index (κ3) is 2.69. The van der Waals surface area contributed by atoms with Crippen LogP contribution < -0.4 is 10.6 Å². The van der Waals surface area contributed by atoms with Crippen LogP contribution in [0.2, 0.25) is 0 Å². The molecule has 1 atom stereocenters. The van der Waals surface area contributed by atoms with E-state index >= 15 is 0 Å². The van der Waals surface area contributed by atoms with Crippen molar-refractivity contribution in [2.24, 2.45) is 5.73 Å². The van der Waals surface area contributed by atoms with Crippen LogP contribution in [-0.2, 0) is 0 Å². The summed E-state index contributed by atoms with van der Waals surface area (Å²) < 4.78 is 13.7. The minimum absolute atomic E-state index is 0.144. The molecule has 1 unspecified atom stereocenters. The zero-order chi connectivity index (χ0) is 11.4. The van der Waals surface area contributed by atoms with Crippen molar-refractivity contribution in [2.75, 3.05) is 18.5 Å². The van der Waals surface area contributed by atoms with E-state index < -0.39 is 0 Å². The third-order valence-electron chi connectivity index (χ3n) is 2.45. The summed E-state index contributed by atoms with van der Waals surface area (Å²) in [6, 6.07) is 4.93. The molecule has 0 amide bonds. The van der Waals surface area contributed by atoms with Crippen LogP contribution in [0.25, 0.3) is 0 Å². The van der Waals surface area contributed by atoms with E-state index in [9.17, 15) is 4.39 Å². The topological polar surface area (TPSA) is 29.3 Å². The van der Waals surface area contributed by atoms with Crippen LogP contribution in [0.4, 0.5) is 10.1 Å². The van der Waals surface area contributed by atoms with Crippen LogP contribution in [0.5, 0.6) is 0 Å². The van der Waals surface area contributed by atoms with Gasteiger partial charge in [-0.05, 0) is 25.0 Å². The minimum atomic E-state index is -0.194.